The highest BCUT2D eigenvalue weighted by Gasteiger charge is 2.53. The van der Waals surface area contributed by atoms with Crippen molar-refractivity contribution in [1.29, 1.82) is 0 Å². The van der Waals surface area contributed by atoms with Crippen molar-refractivity contribution in [3.8, 4) is 0 Å². The third-order valence-electron chi connectivity index (χ3n) is 8.15. The summed E-state index contributed by atoms with van der Waals surface area (Å²) in [5, 5.41) is 7.02. The van der Waals surface area contributed by atoms with Crippen LogP contribution < -0.4 is 10.6 Å². The van der Waals surface area contributed by atoms with Gasteiger partial charge in [-0.05, 0) is 77.8 Å². The summed E-state index contributed by atoms with van der Waals surface area (Å²) < 4.78 is 0. The molecule has 5 atom stereocenters. The summed E-state index contributed by atoms with van der Waals surface area (Å²) in [5.74, 6) is 4.69. The van der Waals surface area contributed by atoms with E-state index in [4.69, 9.17) is 0 Å². The van der Waals surface area contributed by atoms with Crippen molar-refractivity contribution in [2.24, 2.45) is 17.8 Å². The number of rotatable bonds is 7. The van der Waals surface area contributed by atoms with E-state index < -0.39 is 0 Å². The van der Waals surface area contributed by atoms with Gasteiger partial charge in [-0.3, -0.25) is 4.79 Å². The van der Waals surface area contributed by atoms with E-state index in [1.165, 1.54) is 41.6 Å². The first-order valence-electron chi connectivity index (χ1n) is 12.6. The Morgan fingerprint density at radius 2 is 1.71 bits per heavy atom. The van der Waals surface area contributed by atoms with Crippen LogP contribution in [0.4, 0.5) is 5.69 Å². The number of benzene rings is 3. The van der Waals surface area contributed by atoms with Crippen molar-refractivity contribution in [2.75, 3.05) is 17.6 Å². The number of thioether (sulfide) groups is 1. The lowest BCUT2D eigenvalue weighted by molar-refractivity contribution is 0.0956. The standard InChI is InChI=1S/C30H32N2OS/c33-30(31-15-16-34-19-20-7-3-1-4-8-20)24-13-14-26-25(18-24)27-22-11-12-23(17-22)28(27)29(32-26)21-9-5-2-6-10-21/h1-10,13-14,18,22-23,27-29,32H,11-12,15-17,19H2,(H,31,33)/t22-,23-,27-,28+,29+/m0/s1. The molecule has 3 aromatic rings. The van der Waals surface area contributed by atoms with E-state index >= 15 is 0 Å². The number of anilines is 1. The quantitative estimate of drug-likeness (QED) is 0.382. The molecule has 2 saturated carbocycles. The Hall–Kier alpha value is -2.72. The highest BCUT2D eigenvalue weighted by atomic mass is 32.2. The lowest BCUT2D eigenvalue weighted by atomic mass is 9.68. The van der Waals surface area contributed by atoms with Crippen LogP contribution in [-0.4, -0.2) is 18.2 Å². The van der Waals surface area contributed by atoms with Crippen molar-refractivity contribution < 1.29 is 4.79 Å². The molecule has 1 aliphatic heterocycles. The average molecular weight is 469 g/mol. The second-order valence-corrected chi connectivity index (χ2v) is 11.2. The van der Waals surface area contributed by atoms with Gasteiger partial charge in [0.2, 0.25) is 0 Å². The van der Waals surface area contributed by atoms with Crippen LogP contribution in [0, 0.1) is 17.8 Å². The first kappa shape index (κ1) is 21.8. The summed E-state index contributed by atoms with van der Waals surface area (Å²) >= 11 is 1.86. The van der Waals surface area contributed by atoms with Crippen molar-refractivity contribution in [1.82, 2.24) is 5.32 Å². The Bertz CT molecular complexity index is 1150. The molecule has 2 N–H and O–H groups in total. The molecular weight excluding hydrogens is 436 g/mol. The van der Waals surface area contributed by atoms with Crippen LogP contribution in [-0.2, 0) is 5.75 Å². The molecule has 174 valence electrons. The van der Waals surface area contributed by atoms with Gasteiger partial charge < -0.3 is 10.6 Å². The minimum Gasteiger partial charge on any atom is -0.378 e. The molecular formula is C30H32N2OS. The fourth-order valence-electron chi connectivity index (χ4n) is 6.72. The molecule has 4 heteroatoms. The molecule has 0 unspecified atom stereocenters. The maximum atomic E-state index is 13.0. The number of amides is 1. The number of nitrogens with one attached hydrogen (secondary N) is 2. The zero-order valence-corrected chi connectivity index (χ0v) is 20.3. The van der Waals surface area contributed by atoms with Crippen LogP contribution in [0.25, 0.3) is 0 Å². The molecule has 34 heavy (non-hydrogen) atoms. The molecule has 1 amide bonds. The largest absolute Gasteiger partial charge is 0.378 e. The Balaban J connectivity index is 1.15. The fourth-order valence-corrected chi connectivity index (χ4v) is 7.54. The molecule has 0 spiro atoms. The fraction of sp³-hybridized carbons (Fsp3) is 0.367. The third-order valence-corrected chi connectivity index (χ3v) is 9.18. The van der Waals surface area contributed by atoms with Crippen molar-refractivity contribution in [3.05, 3.63) is 101 Å². The summed E-state index contributed by atoms with van der Waals surface area (Å²) in [6.07, 6.45) is 4.03. The first-order valence-corrected chi connectivity index (χ1v) is 13.8. The zero-order chi connectivity index (χ0) is 22.9. The molecule has 0 saturated heterocycles. The van der Waals surface area contributed by atoms with E-state index in [2.05, 4.69) is 77.4 Å². The number of carbonyl (C=O) groups is 1. The van der Waals surface area contributed by atoms with E-state index in [0.29, 0.717) is 24.4 Å². The smallest absolute Gasteiger partial charge is 0.251 e. The van der Waals surface area contributed by atoms with Gasteiger partial charge >= 0.3 is 0 Å². The van der Waals surface area contributed by atoms with E-state index in [1.54, 1.807) is 0 Å². The van der Waals surface area contributed by atoms with Gasteiger partial charge in [0.05, 0.1) is 6.04 Å². The topological polar surface area (TPSA) is 41.1 Å². The Kier molecular flexibility index (Phi) is 6.09. The van der Waals surface area contributed by atoms with Gasteiger partial charge in [-0.25, -0.2) is 0 Å². The highest BCUT2D eigenvalue weighted by Crippen LogP contribution is 2.63. The normalized spacial score (nSPS) is 26.4. The molecule has 3 aromatic carbocycles. The monoisotopic (exact) mass is 468 g/mol. The molecule has 6 rings (SSSR count). The number of fused-ring (bicyclic) bond motifs is 7. The minimum atomic E-state index is 0.0491. The third kappa shape index (κ3) is 4.13. The molecule has 2 aliphatic carbocycles. The van der Waals surface area contributed by atoms with Crippen LogP contribution in [0.2, 0.25) is 0 Å². The van der Waals surface area contributed by atoms with E-state index in [9.17, 15) is 4.79 Å². The Labute approximate surface area is 206 Å². The Morgan fingerprint density at radius 1 is 0.941 bits per heavy atom. The summed E-state index contributed by atoms with van der Waals surface area (Å²) in [6, 6.07) is 28.1. The predicted octanol–water partition coefficient (Wildman–Crippen LogP) is 6.65. The lowest BCUT2D eigenvalue weighted by Crippen LogP contribution is -2.35. The van der Waals surface area contributed by atoms with E-state index in [1.807, 2.05) is 23.9 Å². The highest BCUT2D eigenvalue weighted by molar-refractivity contribution is 7.98. The van der Waals surface area contributed by atoms with Gasteiger partial charge in [0.15, 0.2) is 0 Å². The number of carbonyl (C=O) groups excluding carboxylic acids is 1. The van der Waals surface area contributed by atoms with Gasteiger partial charge in [-0.2, -0.15) is 11.8 Å². The summed E-state index contributed by atoms with van der Waals surface area (Å²) in [4.78, 5) is 13.0. The van der Waals surface area contributed by atoms with Gasteiger partial charge in [0.25, 0.3) is 5.91 Å². The van der Waals surface area contributed by atoms with Crippen molar-refractivity contribution in [3.63, 3.8) is 0 Å². The second-order valence-electron chi connectivity index (χ2n) is 10.1. The zero-order valence-electron chi connectivity index (χ0n) is 19.5. The van der Waals surface area contributed by atoms with Crippen LogP contribution in [0.5, 0.6) is 0 Å². The van der Waals surface area contributed by atoms with E-state index in [-0.39, 0.29) is 5.91 Å². The van der Waals surface area contributed by atoms with E-state index in [0.717, 1.165) is 28.9 Å². The van der Waals surface area contributed by atoms with Crippen LogP contribution in [0.1, 0.15) is 58.3 Å². The van der Waals surface area contributed by atoms with Crippen LogP contribution >= 0.6 is 11.8 Å². The minimum absolute atomic E-state index is 0.0491. The summed E-state index contributed by atoms with van der Waals surface area (Å²) in [6.45, 7) is 0.693. The molecule has 0 aromatic heterocycles. The number of hydrogen-bond donors (Lipinski definition) is 2. The maximum Gasteiger partial charge on any atom is 0.251 e. The molecule has 2 bridgehead atoms. The molecule has 1 heterocycles. The lowest BCUT2D eigenvalue weighted by Gasteiger charge is -2.43. The molecule has 0 radical (unpaired) electrons. The Morgan fingerprint density at radius 3 is 2.53 bits per heavy atom. The molecule has 3 aliphatic rings. The average Bonchev–Trinajstić information content (AvgIpc) is 3.52. The number of hydrogen-bond acceptors (Lipinski definition) is 3. The summed E-state index contributed by atoms with van der Waals surface area (Å²) in [7, 11) is 0. The van der Waals surface area contributed by atoms with Gasteiger partial charge in [0, 0.05) is 29.3 Å². The first-order chi connectivity index (χ1) is 16.8. The van der Waals surface area contributed by atoms with Crippen LogP contribution in [0.15, 0.2) is 78.9 Å². The molecule has 2 fully saturated rings. The SMILES string of the molecule is O=C(NCCSCc1ccccc1)c1ccc2c(c1)[C@@H]1[C@H]3CC[C@@H](C3)[C@H]1[C@@H](c1ccccc1)N2. The van der Waals surface area contributed by atoms with Gasteiger partial charge in [0.1, 0.15) is 0 Å². The van der Waals surface area contributed by atoms with Crippen LogP contribution in [0.3, 0.4) is 0 Å². The maximum absolute atomic E-state index is 13.0. The van der Waals surface area contributed by atoms with Crippen molar-refractivity contribution in [2.45, 2.75) is 37.0 Å². The van der Waals surface area contributed by atoms with Crippen molar-refractivity contribution >= 4 is 23.4 Å². The van der Waals surface area contributed by atoms with Gasteiger partial charge in [-0.1, -0.05) is 60.7 Å². The second kappa shape index (κ2) is 9.50. The predicted molar refractivity (Wildman–Crippen MR) is 141 cm³/mol. The summed E-state index contributed by atoms with van der Waals surface area (Å²) in [5.41, 5.74) is 6.11. The van der Waals surface area contributed by atoms with Gasteiger partial charge in [-0.15, -0.1) is 0 Å². The molecule has 3 nitrogen and oxygen atoms in total.